The van der Waals surface area contributed by atoms with Crippen LogP contribution in [0.1, 0.15) is 24.8 Å². The molecule has 1 heterocycles. The van der Waals surface area contributed by atoms with Crippen molar-refractivity contribution in [3.63, 3.8) is 0 Å². The maximum Gasteiger partial charge on any atom is 0.0730 e. The molecule has 0 radical (unpaired) electrons. The van der Waals surface area contributed by atoms with Crippen LogP contribution >= 0.6 is 0 Å². The number of hydrogen-bond donors (Lipinski definition) is 1. The molecule has 1 aromatic carbocycles. The molecule has 1 saturated carbocycles. The number of nitrogens with one attached hydrogen (secondary N) is 1. The Labute approximate surface area is 115 Å². The Morgan fingerprint density at radius 3 is 3.11 bits per heavy atom. The lowest BCUT2D eigenvalue weighted by atomic mass is 10.1. The Balaban J connectivity index is 1.51. The molecular formula is C16H24N2O. The molecule has 3 heteroatoms. The van der Waals surface area contributed by atoms with Gasteiger partial charge in [0.05, 0.1) is 12.7 Å². The van der Waals surface area contributed by atoms with Gasteiger partial charge in [-0.2, -0.15) is 0 Å². The third kappa shape index (κ3) is 2.93. The highest BCUT2D eigenvalue weighted by Crippen LogP contribution is 2.29. The van der Waals surface area contributed by atoms with Gasteiger partial charge in [0.1, 0.15) is 0 Å². The van der Waals surface area contributed by atoms with Crippen LogP contribution < -0.4 is 5.32 Å². The Bertz CT molecular complexity index is 421. The number of nitrogens with zero attached hydrogens (tertiary/aromatic N) is 1. The van der Waals surface area contributed by atoms with Crippen molar-refractivity contribution >= 4 is 5.69 Å². The molecule has 0 aromatic heterocycles. The molecule has 1 aliphatic carbocycles. The summed E-state index contributed by atoms with van der Waals surface area (Å²) in [4.78, 5) is 2.62. The van der Waals surface area contributed by atoms with Crippen LogP contribution in [-0.2, 0) is 4.74 Å². The molecule has 1 saturated heterocycles. The third-order valence-electron chi connectivity index (χ3n) is 4.46. The molecule has 0 amide bonds. The summed E-state index contributed by atoms with van der Waals surface area (Å²) in [5.41, 5.74) is 2.59. The topological polar surface area (TPSA) is 24.5 Å². The van der Waals surface area contributed by atoms with Crippen molar-refractivity contribution < 1.29 is 4.74 Å². The second-order valence-corrected chi connectivity index (χ2v) is 5.69. The molecule has 3 rings (SSSR count). The van der Waals surface area contributed by atoms with Gasteiger partial charge < -0.3 is 10.1 Å². The molecule has 1 N–H and O–H groups in total. The summed E-state index contributed by atoms with van der Waals surface area (Å²) in [7, 11) is 0. The Morgan fingerprint density at radius 2 is 2.21 bits per heavy atom. The predicted molar refractivity (Wildman–Crippen MR) is 78.6 cm³/mol. The number of fused-ring (bicyclic) bond motifs is 1. The fourth-order valence-electron chi connectivity index (χ4n) is 3.39. The van der Waals surface area contributed by atoms with Crippen molar-refractivity contribution in [2.75, 3.05) is 31.6 Å². The smallest absolute Gasteiger partial charge is 0.0730 e. The molecule has 1 aromatic rings. The zero-order valence-electron chi connectivity index (χ0n) is 11.8. The zero-order valence-corrected chi connectivity index (χ0v) is 11.8. The van der Waals surface area contributed by atoms with E-state index in [1.807, 2.05) is 0 Å². The van der Waals surface area contributed by atoms with Crippen molar-refractivity contribution in [2.45, 2.75) is 38.3 Å². The van der Waals surface area contributed by atoms with Crippen LogP contribution in [0.4, 0.5) is 5.69 Å². The van der Waals surface area contributed by atoms with Gasteiger partial charge in [-0.1, -0.05) is 18.2 Å². The fraction of sp³-hybridized carbons (Fsp3) is 0.625. The quantitative estimate of drug-likeness (QED) is 0.900. The molecule has 3 nitrogen and oxygen atoms in total. The third-order valence-corrected chi connectivity index (χ3v) is 4.46. The summed E-state index contributed by atoms with van der Waals surface area (Å²) in [6.07, 6.45) is 4.41. The first-order chi connectivity index (χ1) is 9.34. The maximum atomic E-state index is 5.85. The molecular weight excluding hydrogens is 236 g/mol. The van der Waals surface area contributed by atoms with Crippen molar-refractivity contribution in [3.05, 3.63) is 29.8 Å². The Morgan fingerprint density at radius 1 is 1.32 bits per heavy atom. The number of ether oxygens (including phenoxy) is 1. The van der Waals surface area contributed by atoms with E-state index in [0.717, 1.165) is 26.2 Å². The minimum Gasteiger partial charge on any atom is -0.384 e. The van der Waals surface area contributed by atoms with Crippen LogP contribution in [0, 0.1) is 6.92 Å². The fourth-order valence-corrected chi connectivity index (χ4v) is 3.39. The molecule has 104 valence electrons. The molecule has 2 unspecified atom stereocenters. The minimum absolute atomic E-state index is 0.507. The molecule has 19 heavy (non-hydrogen) atoms. The van der Waals surface area contributed by atoms with E-state index in [4.69, 9.17) is 4.74 Å². The van der Waals surface area contributed by atoms with E-state index in [1.165, 1.54) is 30.5 Å². The Hall–Kier alpha value is -1.06. The first-order valence-corrected chi connectivity index (χ1v) is 7.50. The molecule has 2 aliphatic rings. The normalized spacial score (nSPS) is 27.2. The number of anilines is 1. The highest BCUT2D eigenvalue weighted by atomic mass is 16.5. The first kappa shape index (κ1) is 12.9. The van der Waals surface area contributed by atoms with Crippen molar-refractivity contribution in [3.8, 4) is 0 Å². The van der Waals surface area contributed by atoms with Gasteiger partial charge in [0, 0.05) is 31.4 Å². The lowest BCUT2D eigenvalue weighted by molar-refractivity contribution is -0.0539. The number of aryl methyl sites for hydroxylation is 1. The van der Waals surface area contributed by atoms with Crippen LogP contribution in [0.5, 0.6) is 0 Å². The van der Waals surface area contributed by atoms with E-state index in [9.17, 15) is 0 Å². The summed E-state index contributed by atoms with van der Waals surface area (Å²) >= 11 is 0. The van der Waals surface area contributed by atoms with Gasteiger partial charge in [-0.25, -0.2) is 0 Å². The van der Waals surface area contributed by atoms with Gasteiger partial charge in [0.15, 0.2) is 0 Å². The summed E-state index contributed by atoms with van der Waals surface area (Å²) in [5, 5.41) is 3.56. The van der Waals surface area contributed by atoms with Crippen LogP contribution in [-0.4, -0.2) is 43.3 Å². The van der Waals surface area contributed by atoms with E-state index >= 15 is 0 Å². The average molecular weight is 260 g/mol. The number of benzene rings is 1. The van der Waals surface area contributed by atoms with E-state index in [1.54, 1.807) is 0 Å². The highest BCUT2D eigenvalue weighted by molar-refractivity contribution is 5.50. The van der Waals surface area contributed by atoms with Crippen molar-refractivity contribution in [1.29, 1.82) is 0 Å². The predicted octanol–water partition coefficient (Wildman–Crippen LogP) is 2.66. The van der Waals surface area contributed by atoms with E-state index in [2.05, 4.69) is 41.4 Å². The lowest BCUT2D eigenvalue weighted by Gasteiger charge is -2.37. The summed E-state index contributed by atoms with van der Waals surface area (Å²) in [6.45, 7) is 6.30. The van der Waals surface area contributed by atoms with Gasteiger partial charge in [-0.05, 0) is 37.8 Å². The monoisotopic (exact) mass is 260 g/mol. The number of para-hydroxylation sites is 1. The maximum absolute atomic E-state index is 5.85. The number of rotatable bonds is 4. The van der Waals surface area contributed by atoms with Gasteiger partial charge >= 0.3 is 0 Å². The summed E-state index contributed by atoms with van der Waals surface area (Å²) < 4.78 is 5.85. The van der Waals surface area contributed by atoms with Gasteiger partial charge in [-0.3, -0.25) is 4.90 Å². The van der Waals surface area contributed by atoms with Crippen LogP contribution in [0.15, 0.2) is 24.3 Å². The molecule has 0 bridgehead atoms. The summed E-state index contributed by atoms with van der Waals surface area (Å²) in [6, 6.07) is 9.17. The van der Waals surface area contributed by atoms with Crippen LogP contribution in [0.25, 0.3) is 0 Å². The van der Waals surface area contributed by atoms with Gasteiger partial charge in [-0.15, -0.1) is 0 Å². The van der Waals surface area contributed by atoms with E-state index < -0.39 is 0 Å². The second kappa shape index (κ2) is 5.93. The average Bonchev–Trinajstić information content (AvgIpc) is 2.90. The number of hydrogen-bond acceptors (Lipinski definition) is 3. The SMILES string of the molecule is Cc1ccccc1NCCN1CCOC2CCCC21. The standard InChI is InChI=1S/C16H24N2O/c1-13-5-2-3-6-14(13)17-9-10-18-11-12-19-16-8-4-7-15(16)18/h2-3,5-6,15-17H,4,7-12H2,1H3. The van der Waals surface area contributed by atoms with Crippen LogP contribution in [0.2, 0.25) is 0 Å². The first-order valence-electron chi connectivity index (χ1n) is 7.50. The summed E-state index contributed by atoms with van der Waals surface area (Å²) in [5.74, 6) is 0. The van der Waals surface area contributed by atoms with Gasteiger partial charge in [0.2, 0.25) is 0 Å². The van der Waals surface area contributed by atoms with Crippen molar-refractivity contribution in [1.82, 2.24) is 4.90 Å². The van der Waals surface area contributed by atoms with Crippen LogP contribution in [0.3, 0.4) is 0 Å². The number of morpholine rings is 1. The molecule has 0 spiro atoms. The van der Waals surface area contributed by atoms with Gasteiger partial charge in [0.25, 0.3) is 0 Å². The minimum atomic E-state index is 0.507. The van der Waals surface area contributed by atoms with E-state index in [-0.39, 0.29) is 0 Å². The molecule has 2 atom stereocenters. The lowest BCUT2D eigenvalue weighted by Crippen LogP contribution is -2.49. The largest absolute Gasteiger partial charge is 0.384 e. The second-order valence-electron chi connectivity index (χ2n) is 5.69. The Kier molecular flexibility index (Phi) is 4.04. The van der Waals surface area contributed by atoms with Crippen molar-refractivity contribution in [2.24, 2.45) is 0 Å². The zero-order chi connectivity index (χ0) is 13.1. The molecule has 2 fully saturated rings. The molecule has 1 aliphatic heterocycles. The highest BCUT2D eigenvalue weighted by Gasteiger charge is 2.35. The van der Waals surface area contributed by atoms with E-state index in [0.29, 0.717) is 12.1 Å².